The van der Waals surface area contributed by atoms with Crippen LogP contribution in [0.4, 0.5) is 0 Å². The van der Waals surface area contributed by atoms with E-state index in [4.69, 9.17) is 9.84 Å². The van der Waals surface area contributed by atoms with Gasteiger partial charge in [-0.3, -0.25) is 4.79 Å². The van der Waals surface area contributed by atoms with Crippen molar-refractivity contribution in [3.05, 3.63) is 5.82 Å². The molecule has 0 saturated heterocycles. The zero-order chi connectivity index (χ0) is 15.1. The molecule has 1 heterocycles. The maximum Gasteiger partial charge on any atom is 0.313 e. The zero-order valence-electron chi connectivity index (χ0n) is 12.5. The Kier molecular flexibility index (Phi) is 6.50. The number of carboxylic acids is 1. The smallest absolute Gasteiger partial charge is 0.313 e. The number of thioether (sulfide) groups is 1. The summed E-state index contributed by atoms with van der Waals surface area (Å²) in [5.74, 6) is 0.0856. The highest BCUT2D eigenvalue weighted by molar-refractivity contribution is 7.99. The summed E-state index contributed by atoms with van der Waals surface area (Å²) < 4.78 is 7.89. The summed E-state index contributed by atoms with van der Waals surface area (Å²) in [6.07, 6.45) is 7.08. The maximum absolute atomic E-state index is 10.7. The topological polar surface area (TPSA) is 77.2 Å². The van der Waals surface area contributed by atoms with Crippen molar-refractivity contribution in [2.45, 2.75) is 63.3 Å². The highest BCUT2D eigenvalue weighted by Crippen LogP contribution is 2.22. The van der Waals surface area contributed by atoms with Crippen LogP contribution in [0.15, 0.2) is 5.16 Å². The van der Waals surface area contributed by atoms with Crippen LogP contribution in [-0.2, 0) is 22.5 Å². The molecule has 1 fully saturated rings. The Bertz CT molecular complexity index is 458. The van der Waals surface area contributed by atoms with Crippen molar-refractivity contribution in [2.75, 3.05) is 12.4 Å². The minimum Gasteiger partial charge on any atom is -0.481 e. The summed E-state index contributed by atoms with van der Waals surface area (Å²) in [5, 5.41) is 17.8. The van der Waals surface area contributed by atoms with Gasteiger partial charge in [-0.2, -0.15) is 0 Å². The number of hydrogen-bond donors (Lipinski definition) is 1. The minimum absolute atomic E-state index is 0.00768. The van der Waals surface area contributed by atoms with Gasteiger partial charge in [-0.05, 0) is 19.3 Å². The lowest BCUT2D eigenvalue weighted by Crippen LogP contribution is -2.15. The number of nitrogens with zero attached hydrogens (tertiary/aromatic N) is 3. The standard InChI is InChI=1S/C14H23N3O3S/c1-2-5-12-15-16-14(21-10-13(18)19)17(12)8-9-20-11-6-3-4-7-11/h11H,2-10H2,1H3,(H,18,19). The van der Waals surface area contributed by atoms with Crippen LogP contribution in [-0.4, -0.2) is 44.3 Å². The van der Waals surface area contributed by atoms with Gasteiger partial charge in [0.25, 0.3) is 0 Å². The predicted octanol–water partition coefficient (Wildman–Crippen LogP) is 2.37. The van der Waals surface area contributed by atoms with E-state index in [2.05, 4.69) is 17.1 Å². The van der Waals surface area contributed by atoms with Crippen LogP contribution >= 0.6 is 11.8 Å². The fourth-order valence-corrected chi connectivity index (χ4v) is 3.25. The molecule has 0 bridgehead atoms. The van der Waals surface area contributed by atoms with Crippen LogP contribution in [0.2, 0.25) is 0 Å². The quantitative estimate of drug-likeness (QED) is 0.705. The zero-order valence-corrected chi connectivity index (χ0v) is 13.3. The molecule has 21 heavy (non-hydrogen) atoms. The van der Waals surface area contributed by atoms with Gasteiger partial charge in [0.15, 0.2) is 5.16 Å². The summed E-state index contributed by atoms with van der Waals surface area (Å²) in [6, 6.07) is 0. The molecule has 0 radical (unpaired) electrons. The van der Waals surface area contributed by atoms with Crippen molar-refractivity contribution in [2.24, 2.45) is 0 Å². The van der Waals surface area contributed by atoms with Gasteiger partial charge in [0.05, 0.1) is 18.5 Å². The Morgan fingerprint density at radius 1 is 1.43 bits per heavy atom. The van der Waals surface area contributed by atoms with Gasteiger partial charge in [0.1, 0.15) is 5.82 Å². The molecule has 0 unspecified atom stereocenters. The van der Waals surface area contributed by atoms with Crippen LogP contribution in [0.3, 0.4) is 0 Å². The molecular formula is C14H23N3O3S. The van der Waals surface area contributed by atoms with Gasteiger partial charge >= 0.3 is 5.97 Å². The molecule has 0 aromatic carbocycles. The lowest BCUT2D eigenvalue weighted by Gasteiger charge is -2.13. The Morgan fingerprint density at radius 3 is 2.86 bits per heavy atom. The molecular weight excluding hydrogens is 290 g/mol. The van der Waals surface area contributed by atoms with Gasteiger partial charge in [-0.25, -0.2) is 0 Å². The Morgan fingerprint density at radius 2 is 2.19 bits per heavy atom. The first-order valence-corrected chi connectivity index (χ1v) is 8.57. The second-order valence-corrected chi connectivity index (χ2v) is 6.20. The number of hydrogen-bond acceptors (Lipinski definition) is 5. The molecule has 1 aromatic heterocycles. The lowest BCUT2D eigenvalue weighted by molar-refractivity contribution is -0.133. The van der Waals surface area contributed by atoms with Crippen LogP contribution in [0.1, 0.15) is 44.9 Å². The molecule has 1 aliphatic carbocycles. The van der Waals surface area contributed by atoms with Crippen LogP contribution in [0.5, 0.6) is 0 Å². The van der Waals surface area contributed by atoms with E-state index in [1.807, 2.05) is 4.57 Å². The van der Waals surface area contributed by atoms with Crippen molar-refractivity contribution >= 4 is 17.7 Å². The third-order valence-electron chi connectivity index (χ3n) is 3.56. The number of aliphatic carboxylic acids is 1. The van der Waals surface area contributed by atoms with Gasteiger partial charge in [0.2, 0.25) is 0 Å². The van der Waals surface area contributed by atoms with Crippen molar-refractivity contribution in [1.29, 1.82) is 0 Å². The van der Waals surface area contributed by atoms with Gasteiger partial charge < -0.3 is 14.4 Å². The van der Waals surface area contributed by atoms with Crippen molar-refractivity contribution in [1.82, 2.24) is 14.8 Å². The molecule has 1 saturated carbocycles. The van der Waals surface area contributed by atoms with Gasteiger partial charge in [-0.1, -0.05) is 31.5 Å². The molecule has 0 spiro atoms. The molecule has 7 heteroatoms. The molecule has 1 N–H and O–H groups in total. The van der Waals surface area contributed by atoms with Gasteiger partial charge in [-0.15, -0.1) is 10.2 Å². The first kappa shape index (κ1) is 16.3. The third-order valence-corrected chi connectivity index (χ3v) is 4.51. The van der Waals surface area contributed by atoms with Crippen LogP contribution in [0.25, 0.3) is 0 Å². The number of ether oxygens (including phenoxy) is 1. The number of carboxylic acid groups (broad SMARTS) is 1. The number of aryl methyl sites for hydroxylation is 1. The lowest BCUT2D eigenvalue weighted by atomic mass is 10.3. The summed E-state index contributed by atoms with van der Waals surface area (Å²) >= 11 is 1.22. The van der Waals surface area contributed by atoms with E-state index < -0.39 is 5.97 Å². The second kappa shape index (κ2) is 8.38. The van der Waals surface area contributed by atoms with E-state index in [9.17, 15) is 4.79 Å². The molecule has 118 valence electrons. The Labute approximate surface area is 129 Å². The summed E-state index contributed by atoms with van der Waals surface area (Å²) in [4.78, 5) is 10.7. The van der Waals surface area contributed by atoms with Crippen molar-refractivity contribution in [3.63, 3.8) is 0 Å². The molecule has 2 rings (SSSR count). The average molecular weight is 313 g/mol. The number of carbonyl (C=O) groups is 1. The summed E-state index contributed by atoms with van der Waals surface area (Å²) in [7, 11) is 0. The fourth-order valence-electron chi connectivity index (χ4n) is 2.55. The molecule has 1 aliphatic rings. The van der Waals surface area contributed by atoms with Gasteiger partial charge in [0, 0.05) is 13.0 Å². The van der Waals surface area contributed by atoms with E-state index in [0.29, 0.717) is 24.4 Å². The minimum atomic E-state index is -0.839. The summed E-state index contributed by atoms with van der Waals surface area (Å²) in [6.45, 7) is 3.43. The second-order valence-electron chi connectivity index (χ2n) is 5.26. The first-order valence-electron chi connectivity index (χ1n) is 7.59. The Hall–Kier alpha value is -1.08. The third kappa shape index (κ3) is 5.00. The molecule has 0 amide bonds. The van der Waals surface area contributed by atoms with Crippen molar-refractivity contribution in [3.8, 4) is 0 Å². The molecule has 6 nitrogen and oxygen atoms in total. The van der Waals surface area contributed by atoms with E-state index >= 15 is 0 Å². The van der Waals surface area contributed by atoms with E-state index in [1.165, 1.54) is 24.6 Å². The largest absolute Gasteiger partial charge is 0.481 e. The first-order chi connectivity index (χ1) is 10.2. The Balaban J connectivity index is 1.92. The molecule has 0 aliphatic heterocycles. The average Bonchev–Trinajstić information content (AvgIpc) is 3.08. The number of rotatable bonds is 9. The molecule has 0 atom stereocenters. The van der Waals surface area contributed by atoms with Crippen LogP contribution < -0.4 is 0 Å². The van der Waals surface area contributed by atoms with E-state index in [-0.39, 0.29) is 5.75 Å². The normalized spacial score (nSPS) is 15.7. The van der Waals surface area contributed by atoms with Crippen LogP contribution in [0, 0.1) is 0 Å². The highest BCUT2D eigenvalue weighted by Gasteiger charge is 2.17. The van der Waals surface area contributed by atoms with E-state index in [0.717, 1.165) is 31.5 Å². The summed E-state index contributed by atoms with van der Waals surface area (Å²) in [5.41, 5.74) is 0. The maximum atomic E-state index is 10.7. The van der Waals surface area contributed by atoms with E-state index in [1.54, 1.807) is 0 Å². The predicted molar refractivity (Wildman–Crippen MR) is 80.6 cm³/mol. The SMILES string of the molecule is CCCc1nnc(SCC(=O)O)n1CCOC1CCCC1. The highest BCUT2D eigenvalue weighted by atomic mass is 32.2. The molecule has 1 aromatic rings. The number of aromatic nitrogens is 3. The monoisotopic (exact) mass is 313 g/mol. The fraction of sp³-hybridized carbons (Fsp3) is 0.786. The van der Waals surface area contributed by atoms with Crippen molar-refractivity contribution < 1.29 is 14.6 Å².